The van der Waals surface area contributed by atoms with Crippen molar-refractivity contribution in [1.82, 2.24) is 0 Å². The third-order valence-corrected chi connectivity index (χ3v) is 3.57. The normalized spacial score (nSPS) is 11.0. The molecular formula is C19H19N3O. The molecule has 4 nitrogen and oxygen atoms in total. The molecule has 0 radical (unpaired) electrons. The maximum atomic E-state index is 12.7. The molecule has 0 amide bonds. The lowest BCUT2D eigenvalue weighted by Crippen LogP contribution is -2.05. The van der Waals surface area contributed by atoms with E-state index < -0.39 is 0 Å². The maximum Gasteiger partial charge on any atom is 0.189 e. The quantitative estimate of drug-likeness (QED) is 0.236. The van der Waals surface area contributed by atoms with Gasteiger partial charge in [-0.3, -0.25) is 4.79 Å². The van der Waals surface area contributed by atoms with Crippen LogP contribution in [0.4, 0.5) is 0 Å². The van der Waals surface area contributed by atoms with Gasteiger partial charge in [0.2, 0.25) is 0 Å². The molecule has 0 heterocycles. The van der Waals surface area contributed by atoms with Crippen LogP contribution in [0.1, 0.15) is 33.5 Å². The fourth-order valence-corrected chi connectivity index (χ4v) is 2.22. The van der Waals surface area contributed by atoms with Crippen LogP contribution < -0.4 is 0 Å². The summed E-state index contributed by atoms with van der Waals surface area (Å²) in [6.07, 6.45) is 2.29. The number of carbonyl (C=O) groups is 1. The van der Waals surface area contributed by atoms with Crippen LogP contribution in [0.3, 0.4) is 0 Å². The number of hydrogen-bond acceptors (Lipinski definition) is 2. The predicted octanol–water partition coefficient (Wildman–Crippen LogP) is 5.27. The van der Waals surface area contributed by atoms with Gasteiger partial charge in [-0.1, -0.05) is 64.8 Å². The van der Waals surface area contributed by atoms with Gasteiger partial charge in [0.15, 0.2) is 5.78 Å². The zero-order chi connectivity index (χ0) is 16.7. The zero-order valence-electron chi connectivity index (χ0n) is 13.4. The molecule has 0 bridgehead atoms. The molecule has 0 aliphatic rings. The van der Waals surface area contributed by atoms with Crippen LogP contribution >= 0.6 is 0 Å². The first-order chi connectivity index (χ1) is 11.1. The van der Waals surface area contributed by atoms with Crippen LogP contribution in [0, 0.1) is 13.8 Å². The van der Waals surface area contributed by atoms with E-state index in [1.54, 1.807) is 0 Å². The number of nitrogens with zero attached hydrogens (tertiary/aromatic N) is 3. The van der Waals surface area contributed by atoms with Crippen molar-refractivity contribution in [2.75, 3.05) is 6.54 Å². The summed E-state index contributed by atoms with van der Waals surface area (Å²) in [5, 5.41) is 3.55. The van der Waals surface area contributed by atoms with Crippen molar-refractivity contribution in [3.63, 3.8) is 0 Å². The van der Waals surface area contributed by atoms with E-state index in [1.165, 1.54) is 5.56 Å². The summed E-state index contributed by atoms with van der Waals surface area (Å²) in [6, 6.07) is 15.5. The van der Waals surface area contributed by atoms with Gasteiger partial charge in [0.1, 0.15) is 0 Å². The second-order valence-corrected chi connectivity index (χ2v) is 5.48. The number of hydrogen-bond donors (Lipinski definition) is 0. The van der Waals surface area contributed by atoms with Crippen LogP contribution in [0.5, 0.6) is 0 Å². The monoisotopic (exact) mass is 305 g/mol. The molecule has 0 fully saturated rings. The lowest BCUT2D eigenvalue weighted by atomic mass is 9.97. The standard InChI is InChI=1S/C19H19N3O/c1-14-3-7-16(8-4-14)13-18(11-12-21-22-20)19(23)17-9-5-15(2)6-10-17/h3-10,13H,11-12H2,1-2H3/b18-13-. The van der Waals surface area contributed by atoms with E-state index in [0.29, 0.717) is 17.6 Å². The number of Topliss-reactive ketones (excluding diaryl/α,β-unsaturated/α-hetero) is 1. The highest BCUT2D eigenvalue weighted by Gasteiger charge is 2.12. The van der Waals surface area contributed by atoms with Gasteiger partial charge in [-0.25, -0.2) is 0 Å². The van der Waals surface area contributed by atoms with Gasteiger partial charge < -0.3 is 0 Å². The number of rotatable bonds is 6. The van der Waals surface area contributed by atoms with Crippen molar-refractivity contribution in [1.29, 1.82) is 0 Å². The number of ketones is 1. The smallest absolute Gasteiger partial charge is 0.189 e. The minimum absolute atomic E-state index is 0.0290. The molecule has 23 heavy (non-hydrogen) atoms. The fourth-order valence-electron chi connectivity index (χ4n) is 2.22. The summed E-state index contributed by atoms with van der Waals surface area (Å²) in [5.74, 6) is -0.0290. The molecule has 0 aliphatic carbocycles. The van der Waals surface area contributed by atoms with Crippen molar-refractivity contribution in [3.8, 4) is 0 Å². The Balaban J connectivity index is 2.32. The third kappa shape index (κ3) is 4.83. The minimum Gasteiger partial charge on any atom is -0.289 e. The molecule has 0 saturated heterocycles. The van der Waals surface area contributed by atoms with Crippen molar-refractivity contribution >= 4 is 11.9 Å². The summed E-state index contributed by atoms with van der Waals surface area (Å²) >= 11 is 0. The van der Waals surface area contributed by atoms with E-state index in [4.69, 9.17) is 5.53 Å². The first-order valence-electron chi connectivity index (χ1n) is 7.49. The first-order valence-corrected chi connectivity index (χ1v) is 7.49. The molecule has 4 heteroatoms. The van der Waals surface area contributed by atoms with Crippen molar-refractivity contribution in [2.45, 2.75) is 20.3 Å². The third-order valence-electron chi connectivity index (χ3n) is 3.57. The second-order valence-electron chi connectivity index (χ2n) is 5.48. The molecule has 0 N–H and O–H groups in total. The van der Waals surface area contributed by atoms with Crippen molar-refractivity contribution in [2.24, 2.45) is 5.11 Å². The van der Waals surface area contributed by atoms with E-state index >= 15 is 0 Å². The topological polar surface area (TPSA) is 65.8 Å². The number of azide groups is 1. The largest absolute Gasteiger partial charge is 0.289 e. The van der Waals surface area contributed by atoms with Gasteiger partial charge in [-0.15, -0.1) is 0 Å². The van der Waals surface area contributed by atoms with Crippen molar-refractivity contribution < 1.29 is 4.79 Å². The Labute approximate surface area is 136 Å². The molecule has 0 atom stereocenters. The fraction of sp³-hybridized carbons (Fsp3) is 0.211. The van der Waals surface area contributed by atoms with Gasteiger partial charge in [0, 0.05) is 22.6 Å². The molecule has 116 valence electrons. The van der Waals surface area contributed by atoms with E-state index in [-0.39, 0.29) is 12.3 Å². The minimum atomic E-state index is -0.0290. The molecular weight excluding hydrogens is 286 g/mol. The molecule has 2 aromatic carbocycles. The Morgan fingerprint density at radius 3 is 2.17 bits per heavy atom. The number of carbonyl (C=O) groups excluding carboxylic acids is 1. The molecule has 0 spiro atoms. The van der Waals surface area contributed by atoms with E-state index in [2.05, 4.69) is 10.0 Å². The van der Waals surface area contributed by atoms with Crippen LogP contribution in [0.15, 0.2) is 59.2 Å². The lowest BCUT2D eigenvalue weighted by Gasteiger charge is -2.07. The summed E-state index contributed by atoms with van der Waals surface area (Å²) in [6.45, 7) is 4.28. The van der Waals surface area contributed by atoms with Gasteiger partial charge in [0.05, 0.1) is 0 Å². The predicted molar refractivity (Wildman–Crippen MR) is 93.3 cm³/mol. The highest BCUT2D eigenvalue weighted by atomic mass is 16.1. The summed E-state index contributed by atoms with van der Waals surface area (Å²) in [7, 11) is 0. The van der Waals surface area contributed by atoms with Gasteiger partial charge in [-0.2, -0.15) is 0 Å². The average molecular weight is 305 g/mol. The second kappa shape index (κ2) is 7.97. The number of aryl methyl sites for hydroxylation is 2. The Morgan fingerprint density at radius 1 is 1.04 bits per heavy atom. The van der Waals surface area contributed by atoms with E-state index in [1.807, 2.05) is 68.5 Å². The summed E-state index contributed by atoms with van der Waals surface area (Å²) < 4.78 is 0. The average Bonchev–Trinajstić information content (AvgIpc) is 2.56. The molecule has 0 aromatic heterocycles. The van der Waals surface area contributed by atoms with Crippen LogP contribution in [0.25, 0.3) is 16.5 Å². The van der Waals surface area contributed by atoms with Gasteiger partial charge in [0.25, 0.3) is 0 Å². The highest BCUT2D eigenvalue weighted by molar-refractivity contribution is 6.11. The zero-order valence-corrected chi connectivity index (χ0v) is 13.4. The Morgan fingerprint density at radius 2 is 1.61 bits per heavy atom. The van der Waals surface area contributed by atoms with Crippen molar-refractivity contribution in [3.05, 3.63) is 86.8 Å². The molecule has 0 unspecified atom stereocenters. The number of benzene rings is 2. The van der Waals surface area contributed by atoms with E-state index in [0.717, 1.165) is 11.1 Å². The Hall–Kier alpha value is -2.84. The van der Waals surface area contributed by atoms with Crippen LogP contribution in [-0.4, -0.2) is 12.3 Å². The van der Waals surface area contributed by atoms with Crippen LogP contribution in [0.2, 0.25) is 0 Å². The Bertz CT molecular complexity index is 752. The molecule has 0 aliphatic heterocycles. The summed E-state index contributed by atoms with van der Waals surface area (Å²) in [5.41, 5.74) is 13.0. The SMILES string of the molecule is Cc1ccc(/C=C(/CCN=[N+]=[N-])C(=O)c2ccc(C)cc2)cc1. The Kier molecular flexibility index (Phi) is 5.73. The molecule has 0 saturated carbocycles. The molecule has 2 aromatic rings. The van der Waals surface area contributed by atoms with Gasteiger partial charge >= 0.3 is 0 Å². The highest BCUT2D eigenvalue weighted by Crippen LogP contribution is 2.17. The summed E-state index contributed by atoms with van der Waals surface area (Å²) in [4.78, 5) is 15.5. The maximum absolute atomic E-state index is 12.7. The first kappa shape index (κ1) is 16.5. The van der Waals surface area contributed by atoms with E-state index in [9.17, 15) is 4.79 Å². The van der Waals surface area contributed by atoms with Crippen LogP contribution in [-0.2, 0) is 0 Å². The van der Waals surface area contributed by atoms with Gasteiger partial charge in [-0.05, 0) is 37.4 Å². The lowest BCUT2D eigenvalue weighted by molar-refractivity contribution is 0.103. The molecule has 2 rings (SSSR count).